The highest BCUT2D eigenvalue weighted by Gasteiger charge is 2.01. The topological polar surface area (TPSA) is 63.0 Å². The molecular formula is C9H8N2O2. The molecule has 0 bridgehead atoms. The molecule has 0 saturated carbocycles. The molecule has 0 N–H and O–H groups in total. The number of rotatable bonds is 3. The summed E-state index contributed by atoms with van der Waals surface area (Å²) in [5.41, 5.74) is 0.675. The van der Waals surface area contributed by atoms with E-state index in [0.717, 1.165) is 0 Å². The Hall–Kier alpha value is -1.89. The van der Waals surface area contributed by atoms with Crippen molar-refractivity contribution < 1.29 is 9.53 Å². The molecule has 0 saturated heterocycles. The van der Waals surface area contributed by atoms with E-state index in [9.17, 15) is 4.79 Å². The molecule has 0 fully saturated rings. The minimum Gasteiger partial charge on any atom is -0.458 e. The van der Waals surface area contributed by atoms with Crippen LogP contribution in [0.15, 0.2) is 24.4 Å². The molecule has 0 aromatic carbocycles. The van der Waals surface area contributed by atoms with E-state index in [1.54, 1.807) is 30.5 Å². The molecule has 13 heavy (non-hydrogen) atoms. The van der Waals surface area contributed by atoms with E-state index in [1.807, 2.05) is 0 Å². The number of hydrogen-bond donors (Lipinski definition) is 0. The maximum atomic E-state index is 10.7. The SMILES string of the molecule is N#CCC(=O)OCc1ccccn1. The molecule has 0 unspecified atom stereocenters. The predicted octanol–water partition coefficient (Wildman–Crippen LogP) is 1.04. The average Bonchev–Trinajstić information content (AvgIpc) is 2.17. The van der Waals surface area contributed by atoms with Crippen molar-refractivity contribution in [1.29, 1.82) is 5.26 Å². The second kappa shape index (κ2) is 4.88. The fourth-order valence-corrected chi connectivity index (χ4v) is 0.754. The van der Waals surface area contributed by atoms with Crippen molar-refractivity contribution in [1.82, 2.24) is 4.98 Å². The maximum Gasteiger partial charge on any atom is 0.320 e. The van der Waals surface area contributed by atoms with Crippen molar-refractivity contribution >= 4 is 5.97 Å². The van der Waals surface area contributed by atoms with E-state index in [4.69, 9.17) is 10.00 Å². The molecule has 0 radical (unpaired) electrons. The lowest BCUT2D eigenvalue weighted by Gasteiger charge is -2.00. The molecule has 0 spiro atoms. The molecule has 0 aliphatic rings. The lowest BCUT2D eigenvalue weighted by Crippen LogP contribution is -2.03. The summed E-state index contributed by atoms with van der Waals surface area (Å²) in [7, 11) is 0. The smallest absolute Gasteiger partial charge is 0.320 e. The number of carbonyl (C=O) groups is 1. The number of aromatic nitrogens is 1. The van der Waals surface area contributed by atoms with Crippen LogP contribution in [-0.4, -0.2) is 11.0 Å². The molecule has 0 atom stereocenters. The highest BCUT2D eigenvalue weighted by molar-refractivity contribution is 5.71. The maximum absolute atomic E-state index is 10.7. The van der Waals surface area contributed by atoms with Crippen molar-refractivity contribution in [3.63, 3.8) is 0 Å². The van der Waals surface area contributed by atoms with Gasteiger partial charge in [0.05, 0.1) is 11.8 Å². The fraction of sp³-hybridized carbons (Fsp3) is 0.222. The van der Waals surface area contributed by atoms with Gasteiger partial charge < -0.3 is 4.74 Å². The van der Waals surface area contributed by atoms with Gasteiger partial charge in [-0.15, -0.1) is 0 Å². The van der Waals surface area contributed by atoms with Crippen LogP contribution >= 0.6 is 0 Å². The Balaban J connectivity index is 2.36. The zero-order valence-corrected chi connectivity index (χ0v) is 6.93. The van der Waals surface area contributed by atoms with Gasteiger partial charge in [0, 0.05) is 6.20 Å². The second-order valence-corrected chi connectivity index (χ2v) is 2.32. The first kappa shape index (κ1) is 9.20. The lowest BCUT2D eigenvalue weighted by molar-refractivity contribution is -0.143. The lowest BCUT2D eigenvalue weighted by atomic mass is 10.4. The van der Waals surface area contributed by atoms with Gasteiger partial charge in [0.1, 0.15) is 13.0 Å². The Morgan fingerprint density at radius 2 is 2.46 bits per heavy atom. The normalized spacial score (nSPS) is 8.85. The first-order valence-electron chi connectivity index (χ1n) is 3.75. The monoisotopic (exact) mass is 176 g/mol. The molecule has 0 amide bonds. The molecule has 1 rings (SSSR count). The van der Waals surface area contributed by atoms with Gasteiger partial charge in [-0.3, -0.25) is 9.78 Å². The van der Waals surface area contributed by atoms with Crippen LogP contribution in [0.2, 0.25) is 0 Å². The van der Waals surface area contributed by atoms with Gasteiger partial charge in [0.15, 0.2) is 0 Å². The number of esters is 1. The van der Waals surface area contributed by atoms with Crippen LogP contribution in [-0.2, 0) is 16.1 Å². The molecule has 0 aliphatic carbocycles. The number of nitriles is 1. The van der Waals surface area contributed by atoms with E-state index in [-0.39, 0.29) is 13.0 Å². The molecular weight excluding hydrogens is 168 g/mol. The van der Waals surface area contributed by atoms with Crippen LogP contribution in [0, 0.1) is 11.3 Å². The Kier molecular flexibility index (Phi) is 3.45. The highest BCUT2D eigenvalue weighted by Crippen LogP contribution is 1.97. The molecule has 66 valence electrons. The summed E-state index contributed by atoms with van der Waals surface area (Å²) in [4.78, 5) is 14.7. The Morgan fingerprint density at radius 1 is 1.62 bits per heavy atom. The van der Waals surface area contributed by atoms with Gasteiger partial charge in [-0.2, -0.15) is 5.26 Å². The minimum atomic E-state index is -0.520. The van der Waals surface area contributed by atoms with Crippen molar-refractivity contribution in [3.05, 3.63) is 30.1 Å². The summed E-state index contributed by atoms with van der Waals surface area (Å²) in [6, 6.07) is 7.04. The largest absolute Gasteiger partial charge is 0.458 e. The number of hydrogen-bond acceptors (Lipinski definition) is 4. The number of pyridine rings is 1. The van der Waals surface area contributed by atoms with Crippen molar-refractivity contribution in [2.75, 3.05) is 0 Å². The Labute approximate surface area is 75.8 Å². The third-order valence-corrected chi connectivity index (χ3v) is 1.33. The van der Waals surface area contributed by atoms with E-state index < -0.39 is 5.97 Å². The summed E-state index contributed by atoms with van der Waals surface area (Å²) in [6.45, 7) is 0.126. The number of carbonyl (C=O) groups excluding carboxylic acids is 1. The van der Waals surface area contributed by atoms with Gasteiger partial charge in [-0.1, -0.05) is 6.07 Å². The van der Waals surface area contributed by atoms with Crippen LogP contribution in [0.3, 0.4) is 0 Å². The van der Waals surface area contributed by atoms with Gasteiger partial charge in [0.2, 0.25) is 0 Å². The molecule has 1 heterocycles. The Bertz CT molecular complexity index is 316. The van der Waals surface area contributed by atoms with Crippen LogP contribution in [0.25, 0.3) is 0 Å². The zero-order chi connectivity index (χ0) is 9.52. The van der Waals surface area contributed by atoms with E-state index >= 15 is 0 Å². The zero-order valence-electron chi connectivity index (χ0n) is 6.93. The van der Waals surface area contributed by atoms with Gasteiger partial charge >= 0.3 is 5.97 Å². The van der Waals surface area contributed by atoms with Crippen molar-refractivity contribution in [2.45, 2.75) is 13.0 Å². The van der Waals surface area contributed by atoms with Crippen molar-refractivity contribution in [3.8, 4) is 6.07 Å². The van der Waals surface area contributed by atoms with E-state index in [2.05, 4.69) is 4.98 Å². The van der Waals surface area contributed by atoms with Gasteiger partial charge in [-0.25, -0.2) is 0 Å². The summed E-state index contributed by atoms with van der Waals surface area (Å²) in [5.74, 6) is -0.520. The standard InChI is InChI=1S/C9H8N2O2/c10-5-4-9(12)13-7-8-3-1-2-6-11-8/h1-3,6H,4,7H2. The minimum absolute atomic E-state index is 0.126. The highest BCUT2D eigenvalue weighted by atomic mass is 16.5. The molecule has 1 aromatic rings. The van der Waals surface area contributed by atoms with Gasteiger partial charge in [-0.05, 0) is 12.1 Å². The Morgan fingerprint density at radius 3 is 3.08 bits per heavy atom. The summed E-state index contributed by atoms with van der Waals surface area (Å²) >= 11 is 0. The van der Waals surface area contributed by atoms with Crippen molar-refractivity contribution in [2.24, 2.45) is 0 Å². The van der Waals surface area contributed by atoms with Crippen LogP contribution in [0.5, 0.6) is 0 Å². The molecule has 4 nitrogen and oxygen atoms in total. The number of nitrogens with zero attached hydrogens (tertiary/aromatic N) is 2. The molecule has 1 aromatic heterocycles. The fourth-order valence-electron chi connectivity index (χ4n) is 0.754. The first-order valence-corrected chi connectivity index (χ1v) is 3.75. The summed E-state index contributed by atoms with van der Waals surface area (Å²) in [5, 5.41) is 8.17. The van der Waals surface area contributed by atoms with E-state index in [1.165, 1.54) is 0 Å². The second-order valence-electron chi connectivity index (χ2n) is 2.32. The number of ether oxygens (including phenoxy) is 1. The summed E-state index contributed by atoms with van der Waals surface area (Å²) < 4.78 is 4.74. The average molecular weight is 176 g/mol. The first-order chi connectivity index (χ1) is 6.33. The van der Waals surface area contributed by atoms with Crippen LogP contribution in [0.1, 0.15) is 12.1 Å². The predicted molar refractivity (Wildman–Crippen MR) is 44.3 cm³/mol. The quantitative estimate of drug-likeness (QED) is 0.645. The summed E-state index contributed by atoms with van der Waals surface area (Å²) in [6.07, 6.45) is 1.40. The molecule has 4 heteroatoms. The third kappa shape index (κ3) is 3.34. The third-order valence-electron chi connectivity index (χ3n) is 1.33. The van der Waals surface area contributed by atoms with Gasteiger partial charge in [0.25, 0.3) is 0 Å². The van der Waals surface area contributed by atoms with Crippen LogP contribution in [0.4, 0.5) is 0 Å². The molecule has 0 aliphatic heterocycles. The van der Waals surface area contributed by atoms with Crippen LogP contribution < -0.4 is 0 Å². The van der Waals surface area contributed by atoms with E-state index in [0.29, 0.717) is 5.69 Å².